The third-order valence-corrected chi connectivity index (χ3v) is 6.29. The molecule has 1 saturated heterocycles. The van der Waals surface area contributed by atoms with Crippen LogP contribution >= 0.6 is 23.5 Å². The van der Waals surface area contributed by atoms with Gasteiger partial charge in [-0.25, -0.2) is 9.97 Å². The summed E-state index contributed by atoms with van der Waals surface area (Å²) in [5.74, 6) is 1.67. The van der Waals surface area contributed by atoms with E-state index >= 15 is 0 Å². The summed E-state index contributed by atoms with van der Waals surface area (Å²) in [7, 11) is 0. The number of hydrogen-bond acceptors (Lipinski definition) is 9. The summed E-state index contributed by atoms with van der Waals surface area (Å²) in [5.41, 5.74) is 1.38. The molecule has 0 bridgehead atoms. The smallest absolute Gasteiger partial charge is 0.256 e. The van der Waals surface area contributed by atoms with E-state index in [1.807, 2.05) is 25.3 Å². The molecule has 4 heterocycles. The molecular weight excluding hydrogens is 448 g/mol. The molecule has 168 valence electrons. The Bertz CT molecular complexity index is 1120. The molecule has 9 nitrogen and oxygen atoms in total. The topological polar surface area (TPSA) is 94.7 Å². The summed E-state index contributed by atoms with van der Waals surface area (Å²) < 4.78 is 13.5. The molecule has 32 heavy (non-hydrogen) atoms. The Balaban J connectivity index is 1.44. The highest BCUT2D eigenvalue weighted by Gasteiger charge is 2.27. The number of carbonyl (C=O) groups is 1. The molecule has 3 aromatic heterocycles. The molecular formula is C21H24N6O3S2. The van der Waals surface area contributed by atoms with E-state index in [-0.39, 0.29) is 18.6 Å². The van der Waals surface area contributed by atoms with Gasteiger partial charge in [0.05, 0.1) is 18.7 Å². The molecule has 1 fully saturated rings. The minimum atomic E-state index is -0.263. The molecule has 0 saturated carbocycles. The van der Waals surface area contributed by atoms with Crippen molar-refractivity contribution in [3.05, 3.63) is 48.3 Å². The molecule has 0 radical (unpaired) electrons. The van der Waals surface area contributed by atoms with Crippen molar-refractivity contribution in [3.63, 3.8) is 0 Å². The van der Waals surface area contributed by atoms with Crippen LogP contribution < -0.4 is 4.74 Å². The van der Waals surface area contributed by atoms with Gasteiger partial charge in [0, 0.05) is 30.3 Å². The number of aryl methyl sites for hydroxylation is 1. The molecule has 1 amide bonds. The lowest BCUT2D eigenvalue weighted by Crippen LogP contribution is -2.47. The number of fused-ring (bicyclic) bond motifs is 1. The highest BCUT2D eigenvalue weighted by Crippen LogP contribution is 2.23. The van der Waals surface area contributed by atoms with Gasteiger partial charge >= 0.3 is 0 Å². The van der Waals surface area contributed by atoms with Crippen molar-refractivity contribution in [2.24, 2.45) is 0 Å². The Labute approximate surface area is 194 Å². The SMILES string of the molecule is C=CCSc1ncccc1C(=O)N1CCOC(COc2cc(C)nc3nc(SC)nn23)C1. The fraction of sp³-hybridized carbons (Fsp3) is 0.381. The van der Waals surface area contributed by atoms with Crippen molar-refractivity contribution in [2.45, 2.75) is 23.2 Å². The summed E-state index contributed by atoms with van der Waals surface area (Å²) in [5, 5.41) is 5.75. The van der Waals surface area contributed by atoms with E-state index in [0.717, 1.165) is 5.69 Å². The van der Waals surface area contributed by atoms with Crippen LogP contribution in [0.15, 0.2) is 47.2 Å². The van der Waals surface area contributed by atoms with Gasteiger partial charge in [-0.1, -0.05) is 17.8 Å². The Morgan fingerprint density at radius 2 is 2.31 bits per heavy atom. The standard InChI is InChI=1S/C21H24N6O3S2/c1-4-10-32-18-16(6-5-7-22-18)19(28)26-8-9-29-15(12-26)13-30-17-11-14(2)23-20-24-21(31-3)25-27(17)20/h4-7,11,15H,1,8-10,12-13H2,2-3H3. The molecule has 1 unspecified atom stereocenters. The van der Waals surface area contributed by atoms with Crippen LogP contribution in [0.2, 0.25) is 0 Å². The Kier molecular flexibility index (Phi) is 7.28. The zero-order valence-electron chi connectivity index (χ0n) is 17.9. The van der Waals surface area contributed by atoms with E-state index in [2.05, 4.69) is 26.6 Å². The van der Waals surface area contributed by atoms with Gasteiger partial charge in [0.25, 0.3) is 11.7 Å². The molecule has 1 atom stereocenters. The zero-order chi connectivity index (χ0) is 22.5. The first-order valence-electron chi connectivity index (χ1n) is 10.1. The first-order valence-corrected chi connectivity index (χ1v) is 12.3. The Morgan fingerprint density at radius 1 is 1.44 bits per heavy atom. The van der Waals surface area contributed by atoms with Crippen LogP contribution in [0.4, 0.5) is 0 Å². The number of hydrogen-bond donors (Lipinski definition) is 0. The maximum Gasteiger partial charge on any atom is 0.256 e. The van der Waals surface area contributed by atoms with Crippen molar-refractivity contribution < 1.29 is 14.3 Å². The predicted octanol–water partition coefficient (Wildman–Crippen LogP) is 2.75. The Hall–Kier alpha value is -2.63. The minimum absolute atomic E-state index is 0.0546. The molecule has 0 spiro atoms. The number of nitrogens with zero attached hydrogens (tertiary/aromatic N) is 6. The number of pyridine rings is 1. The predicted molar refractivity (Wildman–Crippen MR) is 124 cm³/mol. The number of carbonyl (C=O) groups excluding carboxylic acids is 1. The van der Waals surface area contributed by atoms with Crippen LogP contribution in [0.3, 0.4) is 0 Å². The van der Waals surface area contributed by atoms with Gasteiger partial charge in [-0.05, 0) is 25.3 Å². The second-order valence-electron chi connectivity index (χ2n) is 7.06. The molecule has 0 aromatic carbocycles. The summed E-state index contributed by atoms with van der Waals surface area (Å²) in [6.07, 6.45) is 5.14. The van der Waals surface area contributed by atoms with Gasteiger partial charge in [-0.3, -0.25) is 4.79 Å². The Morgan fingerprint density at radius 3 is 3.12 bits per heavy atom. The van der Waals surface area contributed by atoms with Gasteiger partial charge < -0.3 is 14.4 Å². The molecule has 3 aromatic rings. The normalized spacial score (nSPS) is 16.3. The van der Waals surface area contributed by atoms with Crippen LogP contribution in [0.5, 0.6) is 5.88 Å². The van der Waals surface area contributed by atoms with E-state index < -0.39 is 0 Å². The number of aromatic nitrogens is 5. The van der Waals surface area contributed by atoms with Crippen LogP contribution in [-0.4, -0.2) is 79.8 Å². The highest BCUT2D eigenvalue weighted by molar-refractivity contribution is 7.99. The zero-order valence-corrected chi connectivity index (χ0v) is 19.6. The fourth-order valence-corrected chi connectivity index (χ4v) is 4.34. The molecule has 11 heteroatoms. The third-order valence-electron chi connectivity index (χ3n) is 4.75. The first-order chi connectivity index (χ1) is 15.6. The number of thioether (sulfide) groups is 2. The van der Waals surface area contributed by atoms with Crippen molar-refractivity contribution in [1.82, 2.24) is 29.5 Å². The van der Waals surface area contributed by atoms with E-state index in [4.69, 9.17) is 9.47 Å². The number of rotatable bonds is 8. The maximum atomic E-state index is 13.2. The van der Waals surface area contributed by atoms with Crippen molar-refractivity contribution in [2.75, 3.05) is 38.3 Å². The van der Waals surface area contributed by atoms with E-state index in [9.17, 15) is 4.79 Å². The van der Waals surface area contributed by atoms with Gasteiger partial charge in [0.2, 0.25) is 11.0 Å². The second kappa shape index (κ2) is 10.3. The van der Waals surface area contributed by atoms with Crippen LogP contribution in [0.1, 0.15) is 16.1 Å². The summed E-state index contributed by atoms with van der Waals surface area (Å²) in [4.78, 5) is 28.1. The van der Waals surface area contributed by atoms with Crippen LogP contribution in [0.25, 0.3) is 5.78 Å². The quantitative estimate of drug-likeness (QED) is 0.362. The largest absolute Gasteiger partial charge is 0.475 e. The summed E-state index contributed by atoms with van der Waals surface area (Å²) in [6.45, 7) is 7.30. The van der Waals surface area contributed by atoms with Gasteiger partial charge in [0.15, 0.2) is 0 Å². The van der Waals surface area contributed by atoms with E-state index in [1.54, 1.807) is 27.8 Å². The number of morpholine rings is 1. The van der Waals surface area contributed by atoms with Gasteiger partial charge in [-0.15, -0.1) is 23.4 Å². The monoisotopic (exact) mass is 472 g/mol. The van der Waals surface area contributed by atoms with Gasteiger partial charge in [0.1, 0.15) is 17.7 Å². The number of amides is 1. The molecule has 4 rings (SSSR count). The lowest BCUT2D eigenvalue weighted by molar-refractivity contribution is -0.0411. The van der Waals surface area contributed by atoms with Gasteiger partial charge in [-0.2, -0.15) is 9.50 Å². The lowest BCUT2D eigenvalue weighted by atomic mass is 10.2. The average molecular weight is 473 g/mol. The summed E-state index contributed by atoms with van der Waals surface area (Å²) in [6, 6.07) is 5.41. The maximum absolute atomic E-state index is 13.2. The van der Waals surface area contributed by atoms with Crippen molar-refractivity contribution in [1.29, 1.82) is 0 Å². The van der Waals surface area contributed by atoms with Crippen molar-refractivity contribution >= 4 is 35.2 Å². The summed E-state index contributed by atoms with van der Waals surface area (Å²) >= 11 is 2.94. The first kappa shape index (κ1) is 22.6. The number of ether oxygens (including phenoxy) is 2. The third kappa shape index (κ3) is 5.05. The molecule has 1 aliphatic rings. The fourth-order valence-electron chi connectivity index (χ4n) is 3.28. The second-order valence-corrected chi connectivity index (χ2v) is 8.84. The lowest BCUT2D eigenvalue weighted by Gasteiger charge is -2.33. The minimum Gasteiger partial charge on any atom is -0.475 e. The molecule has 0 aliphatic carbocycles. The van der Waals surface area contributed by atoms with E-state index in [0.29, 0.717) is 52.9 Å². The molecule has 0 N–H and O–H groups in total. The van der Waals surface area contributed by atoms with Crippen LogP contribution in [-0.2, 0) is 4.74 Å². The van der Waals surface area contributed by atoms with E-state index in [1.165, 1.54) is 23.5 Å². The molecule has 1 aliphatic heterocycles. The average Bonchev–Trinajstić information content (AvgIpc) is 3.24. The van der Waals surface area contributed by atoms with Crippen molar-refractivity contribution in [3.8, 4) is 5.88 Å². The van der Waals surface area contributed by atoms with Crippen LogP contribution in [0, 0.1) is 6.92 Å². The highest BCUT2D eigenvalue weighted by atomic mass is 32.2.